The van der Waals surface area contributed by atoms with E-state index in [1.807, 2.05) is 37.8 Å². The van der Waals surface area contributed by atoms with Crippen molar-refractivity contribution in [2.75, 3.05) is 11.3 Å². The summed E-state index contributed by atoms with van der Waals surface area (Å²) >= 11 is 1.51. The molecule has 0 bridgehead atoms. The Labute approximate surface area is 264 Å². The summed E-state index contributed by atoms with van der Waals surface area (Å²) in [6.07, 6.45) is 5.46. The second-order valence-corrected chi connectivity index (χ2v) is 13.3. The average molecular weight is 615 g/mol. The van der Waals surface area contributed by atoms with Gasteiger partial charge in [0.1, 0.15) is 22.9 Å². The molecule has 2 saturated carbocycles. The van der Waals surface area contributed by atoms with E-state index in [1.54, 1.807) is 0 Å². The summed E-state index contributed by atoms with van der Waals surface area (Å²) in [4.78, 5) is 34.3. The molecule has 2 aliphatic carbocycles. The van der Waals surface area contributed by atoms with E-state index in [1.165, 1.54) is 11.9 Å². The molecule has 9 heteroatoms. The number of amidine groups is 1. The number of hydrogen-bond acceptors (Lipinski definition) is 8. The van der Waals surface area contributed by atoms with Crippen LogP contribution in [-0.4, -0.2) is 39.7 Å². The van der Waals surface area contributed by atoms with Crippen LogP contribution < -0.4 is 4.72 Å². The molecule has 0 radical (unpaired) electrons. The fourth-order valence-corrected chi connectivity index (χ4v) is 7.86. The molecule has 3 aliphatic rings. The van der Waals surface area contributed by atoms with Crippen LogP contribution in [0.25, 0.3) is 11.1 Å². The number of ether oxygens (including phenoxy) is 1. The Hall–Kier alpha value is -3.43. The van der Waals surface area contributed by atoms with Crippen molar-refractivity contribution in [3.05, 3.63) is 64.9 Å². The molecule has 3 atom stereocenters. The van der Waals surface area contributed by atoms with Crippen LogP contribution in [-0.2, 0) is 27.5 Å². The van der Waals surface area contributed by atoms with Gasteiger partial charge in [0.25, 0.3) is 5.91 Å². The number of rotatable bonds is 12. The summed E-state index contributed by atoms with van der Waals surface area (Å²) in [5.74, 6) is 3.48. The molecule has 1 spiro atoms. The molecule has 0 saturated heterocycles. The van der Waals surface area contributed by atoms with E-state index in [9.17, 15) is 9.59 Å². The Kier molecular flexibility index (Phi) is 8.96. The van der Waals surface area contributed by atoms with E-state index in [-0.39, 0.29) is 5.91 Å². The number of nitrogens with one attached hydrogen (secondary N) is 1. The molecule has 2 aromatic carbocycles. The molecule has 6 rings (SSSR count). The van der Waals surface area contributed by atoms with Crippen LogP contribution in [0.5, 0.6) is 0 Å². The van der Waals surface area contributed by atoms with Crippen molar-refractivity contribution in [1.82, 2.24) is 10.1 Å². The van der Waals surface area contributed by atoms with E-state index in [2.05, 4.69) is 47.1 Å². The minimum absolute atomic E-state index is 0.118. The number of unbranched alkanes of at least 4 members (excludes halogenated alkanes) is 1. The number of ketones is 1. The van der Waals surface area contributed by atoms with Gasteiger partial charge < -0.3 is 14.0 Å². The van der Waals surface area contributed by atoms with E-state index < -0.39 is 5.54 Å². The highest BCUT2D eigenvalue weighted by Crippen LogP contribution is 2.52. The summed E-state index contributed by atoms with van der Waals surface area (Å²) in [7, 11) is 0. The van der Waals surface area contributed by atoms with Gasteiger partial charge in [-0.25, -0.2) is 0 Å². The van der Waals surface area contributed by atoms with Crippen molar-refractivity contribution in [3.63, 3.8) is 0 Å². The van der Waals surface area contributed by atoms with Gasteiger partial charge in [-0.3, -0.25) is 19.5 Å². The van der Waals surface area contributed by atoms with Crippen molar-refractivity contribution in [3.8, 4) is 11.1 Å². The third kappa shape index (κ3) is 5.96. The molecule has 1 aromatic heterocycles. The number of anilines is 1. The fraction of sp³-hybridized carbons (Fsp3) is 0.486. The van der Waals surface area contributed by atoms with Crippen molar-refractivity contribution in [2.24, 2.45) is 16.8 Å². The Morgan fingerprint density at radius 1 is 1.07 bits per heavy atom. The van der Waals surface area contributed by atoms with Gasteiger partial charge in [0.2, 0.25) is 0 Å². The first-order valence-corrected chi connectivity index (χ1v) is 16.7. The molecule has 3 aromatic rings. The summed E-state index contributed by atoms with van der Waals surface area (Å²) in [6.45, 7) is 9.63. The van der Waals surface area contributed by atoms with Gasteiger partial charge >= 0.3 is 0 Å². The summed E-state index contributed by atoms with van der Waals surface area (Å²) in [5.41, 5.74) is 4.63. The van der Waals surface area contributed by atoms with Crippen LogP contribution in [0.4, 0.5) is 5.82 Å². The highest BCUT2D eigenvalue weighted by Gasteiger charge is 2.57. The fourth-order valence-electron chi connectivity index (χ4n) is 7.03. The zero-order chi connectivity index (χ0) is 30.8. The van der Waals surface area contributed by atoms with E-state index >= 15 is 0 Å². The maximum atomic E-state index is 14.1. The Balaban J connectivity index is 1.26. The number of benzene rings is 2. The monoisotopic (exact) mass is 614 g/mol. The van der Waals surface area contributed by atoms with E-state index in [4.69, 9.17) is 14.3 Å². The smallest absolute Gasteiger partial charge is 0.256 e. The van der Waals surface area contributed by atoms with Gasteiger partial charge in [0.15, 0.2) is 5.82 Å². The van der Waals surface area contributed by atoms with Crippen LogP contribution in [0, 0.1) is 25.7 Å². The van der Waals surface area contributed by atoms with Crippen LogP contribution in [0.3, 0.4) is 0 Å². The zero-order valence-corrected chi connectivity index (χ0v) is 27.0. The lowest BCUT2D eigenvalue weighted by atomic mass is 9.93. The standard InChI is InChI=1S/C35H42N4O4S/c1-5-7-12-32-36-35(18-25-16-28(40)17-26(25)19-35)34(41)39(32)20-24-13-14-29(27(15-24)21-42-6-2)30-10-8-9-11-31(30)44-38-33-22(3)23(4)43-37-33/h8-11,13-15,25-26H,5-7,12,16-21H2,1-4H3,(H,37,38)/t25-,26+,35?. The molecule has 2 heterocycles. The molecular formula is C35H42N4O4S. The number of fused-ring (bicyclic) bond motifs is 1. The average Bonchev–Trinajstić information content (AvgIpc) is 3.71. The van der Waals surface area contributed by atoms with Gasteiger partial charge in [0.05, 0.1) is 13.2 Å². The number of aromatic nitrogens is 1. The number of carbonyl (C=O) groups is 2. The third-order valence-electron chi connectivity index (χ3n) is 9.46. The van der Waals surface area contributed by atoms with Crippen LogP contribution in [0.1, 0.15) is 81.2 Å². The topological polar surface area (TPSA) is 97.0 Å². The highest BCUT2D eigenvalue weighted by atomic mass is 32.2. The summed E-state index contributed by atoms with van der Waals surface area (Å²) in [6, 6.07) is 14.8. The van der Waals surface area contributed by atoms with Crippen molar-refractivity contribution < 1.29 is 18.8 Å². The number of carbonyl (C=O) groups excluding carboxylic acids is 2. The molecule has 44 heavy (non-hydrogen) atoms. The number of aliphatic imine (C=N–C) groups is 1. The number of Topliss-reactive ketones (excluding diaryl/α,β-unsaturated/α-hetero) is 1. The lowest BCUT2D eigenvalue weighted by molar-refractivity contribution is -0.132. The first-order valence-electron chi connectivity index (χ1n) is 15.9. The highest BCUT2D eigenvalue weighted by molar-refractivity contribution is 8.00. The van der Waals surface area contributed by atoms with Crippen molar-refractivity contribution in [2.45, 2.75) is 96.2 Å². The number of amides is 1. The maximum absolute atomic E-state index is 14.1. The van der Waals surface area contributed by atoms with Gasteiger partial charge in [-0.15, -0.1) is 0 Å². The second-order valence-electron chi connectivity index (χ2n) is 12.5. The SMILES string of the molecule is CCCCC1=NC2(C[C@H]3CC(=O)C[C@H]3C2)C(=O)N1Cc1ccc(-c2ccccc2SNc2noc(C)c2C)c(COCC)c1. The van der Waals surface area contributed by atoms with E-state index in [0.29, 0.717) is 63.1 Å². The normalized spacial score (nSPS) is 22.7. The Morgan fingerprint density at radius 3 is 2.55 bits per heavy atom. The largest absolute Gasteiger partial charge is 0.377 e. The van der Waals surface area contributed by atoms with Gasteiger partial charge in [-0.1, -0.05) is 54.9 Å². The number of nitrogens with zero attached hydrogens (tertiary/aromatic N) is 3. The first-order chi connectivity index (χ1) is 21.3. The predicted octanol–water partition coefficient (Wildman–Crippen LogP) is 7.67. The lowest BCUT2D eigenvalue weighted by Crippen LogP contribution is -2.41. The molecule has 1 N–H and O–H groups in total. The van der Waals surface area contributed by atoms with Gasteiger partial charge in [-0.2, -0.15) is 0 Å². The van der Waals surface area contributed by atoms with E-state index in [0.717, 1.165) is 69.4 Å². The minimum atomic E-state index is -0.683. The zero-order valence-electron chi connectivity index (χ0n) is 26.2. The minimum Gasteiger partial charge on any atom is -0.377 e. The molecule has 8 nitrogen and oxygen atoms in total. The second kappa shape index (κ2) is 12.9. The third-order valence-corrected chi connectivity index (χ3v) is 10.3. The van der Waals surface area contributed by atoms with Crippen LogP contribution >= 0.6 is 11.9 Å². The van der Waals surface area contributed by atoms with Crippen LogP contribution in [0.2, 0.25) is 0 Å². The molecular weight excluding hydrogens is 572 g/mol. The maximum Gasteiger partial charge on any atom is 0.256 e. The Morgan fingerprint density at radius 2 is 1.84 bits per heavy atom. The number of aryl methyl sites for hydroxylation is 1. The van der Waals surface area contributed by atoms with Crippen LogP contribution in [0.15, 0.2) is 56.9 Å². The molecule has 2 fully saturated rings. The van der Waals surface area contributed by atoms with Crippen molar-refractivity contribution >= 4 is 35.3 Å². The summed E-state index contributed by atoms with van der Waals surface area (Å²) < 4.78 is 14.6. The predicted molar refractivity (Wildman–Crippen MR) is 173 cm³/mol. The molecule has 232 valence electrons. The molecule has 1 aliphatic heterocycles. The van der Waals surface area contributed by atoms with Gasteiger partial charge in [-0.05, 0) is 92.1 Å². The lowest BCUT2D eigenvalue weighted by Gasteiger charge is -2.24. The van der Waals surface area contributed by atoms with Crippen molar-refractivity contribution in [1.29, 1.82) is 0 Å². The first kappa shape index (κ1) is 30.6. The quantitative estimate of drug-likeness (QED) is 0.209. The molecule has 1 unspecified atom stereocenters. The van der Waals surface area contributed by atoms with Gasteiger partial charge in [0, 0.05) is 36.3 Å². The number of hydrogen-bond donors (Lipinski definition) is 1. The Bertz CT molecular complexity index is 1560. The molecule has 1 amide bonds. The summed E-state index contributed by atoms with van der Waals surface area (Å²) in [5, 5.41) is 4.14.